The van der Waals surface area contributed by atoms with E-state index in [0.29, 0.717) is 25.5 Å². The molecule has 2 aromatic rings. The number of rotatable bonds is 7. The number of aromatic nitrogens is 1. The molecule has 0 aliphatic rings. The summed E-state index contributed by atoms with van der Waals surface area (Å²) in [5.74, 6) is 1.08. The summed E-state index contributed by atoms with van der Waals surface area (Å²) in [4.78, 5) is 3.82. The monoisotopic (exact) mass is 290 g/mol. The Bertz CT molecular complexity index is 590. The zero-order valence-electron chi connectivity index (χ0n) is 12.2. The second-order valence-electron chi connectivity index (χ2n) is 4.39. The molecule has 0 bridgehead atoms. The molecule has 1 heterocycles. The summed E-state index contributed by atoms with van der Waals surface area (Å²) in [7, 11) is 0. The van der Waals surface area contributed by atoms with Crippen LogP contribution in [0.3, 0.4) is 0 Å². The van der Waals surface area contributed by atoms with Crippen molar-refractivity contribution in [2.24, 2.45) is 0 Å². The van der Waals surface area contributed by atoms with Crippen molar-refractivity contribution in [1.29, 1.82) is 0 Å². The molecule has 1 N–H and O–H groups in total. The highest BCUT2D eigenvalue weighted by Crippen LogP contribution is 2.30. The second-order valence-corrected chi connectivity index (χ2v) is 4.39. The van der Waals surface area contributed by atoms with Crippen molar-refractivity contribution in [3.05, 3.63) is 48.0 Å². The third-order valence-corrected chi connectivity index (χ3v) is 2.80. The molecule has 0 atom stereocenters. The van der Waals surface area contributed by atoms with E-state index in [2.05, 4.69) is 10.3 Å². The van der Waals surface area contributed by atoms with Crippen molar-refractivity contribution >= 4 is 5.69 Å². The van der Waals surface area contributed by atoms with E-state index in [1.807, 2.05) is 32.0 Å². The Labute approximate surface area is 123 Å². The van der Waals surface area contributed by atoms with E-state index in [1.54, 1.807) is 6.20 Å². The van der Waals surface area contributed by atoms with E-state index in [1.165, 1.54) is 12.3 Å². The van der Waals surface area contributed by atoms with Crippen LogP contribution in [-0.2, 0) is 6.54 Å². The van der Waals surface area contributed by atoms with Crippen LogP contribution in [0.5, 0.6) is 11.5 Å². The summed E-state index contributed by atoms with van der Waals surface area (Å²) in [6.07, 6.45) is 2.82. The van der Waals surface area contributed by atoms with E-state index >= 15 is 0 Å². The minimum atomic E-state index is -0.337. The first kappa shape index (κ1) is 15.1. The summed E-state index contributed by atoms with van der Waals surface area (Å²) >= 11 is 0. The van der Waals surface area contributed by atoms with Gasteiger partial charge in [-0.1, -0.05) is 0 Å². The van der Waals surface area contributed by atoms with E-state index in [9.17, 15) is 4.39 Å². The van der Waals surface area contributed by atoms with Crippen LogP contribution in [0.1, 0.15) is 19.4 Å². The number of anilines is 1. The first-order valence-corrected chi connectivity index (χ1v) is 6.96. The summed E-state index contributed by atoms with van der Waals surface area (Å²) in [6, 6.07) is 7.10. The Morgan fingerprint density at radius 3 is 2.52 bits per heavy atom. The van der Waals surface area contributed by atoms with Crippen molar-refractivity contribution in [2.75, 3.05) is 18.5 Å². The van der Waals surface area contributed by atoms with Crippen molar-refractivity contribution in [2.45, 2.75) is 20.4 Å². The molecule has 0 saturated heterocycles. The number of hydrogen-bond acceptors (Lipinski definition) is 4. The summed E-state index contributed by atoms with van der Waals surface area (Å²) in [6.45, 7) is 5.50. The Hall–Kier alpha value is -2.30. The van der Waals surface area contributed by atoms with Gasteiger partial charge in [-0.3, -0.25) is 4.98 Å². The molecular weight excluding hydrogens is 271 g/mol. The number of nitrogens with zero attached hydrogens (tertiary/aromatic N) is 1. The third kappa shape index (κ3) is 4.34. The van der Waals surface area contributed by atoms with Gasteiger partial charge in [0.05, 0.1) is 19.4 Å². The topological polar surface area (TPSA) is 43.4 Å². The van der Waals surface area contributed by atoms with E-state index in [4.69, 9.17) is 9.47 Å². The van der Waals surface area contributed by atoms with E-state index in [-0.39, 0.29) is 5.82 Å². The van der Waals surface area contributed by atoms with Gasteiger partial charge in [0.2, 0.25) is 0 Å². The number of hydrogen-bond donors (Lipinski definition) is 1. The smallest absolute Gasteiger partial charge is 0.163 e. The maximum Gasteiger partial charge on any atom is 0.163 e. The molecule has 0 radical (unpaired) electrons. The SMILES string of the molecule is CCOc1ccc(NCc2cncc(F)c2)cc1OCC. The molecule has 0 aliphatic heterocycles. The predicted molar refractivity (Wildman–Crippen MR) is 80.3 cm³/mol. The van der Waals surface area contributed by atoms with E-state index < -0.39 is 0 Å². The van der Waals surface area contributed by atoms with Crippen molar-refractivity contribution in [3.8, 4) is 11.5 Å². The zero-order valence-corrected chi connectivity index (χ0v) is 12.2. The average molecular weight is 290 g/mol. The molecule has 0 aliphatic carbocycles. The number of benzene rings is 1. The lowest BCUT2D eigenvalue weighted by atomic mass is 10.2. The number of halogens is 1. The van der Waals surface area contributed by atoms with Crippen molar-refractivity contribution in [1.82, 2.24) is 4.98 Å². The van der Waals surface area contributed by atoms with Crippen LogP contribution in [0.2, 0.25) is 0 Å². The lowest BCUT2D eigenvalue weighted by Gasteiger charge is -2.13. The summed E-state index contributed by atoms with van der Waals surface area (Å²) in [5.41, 5.74) is 1.66. The predicted octanol–water partition coefficient (Wildman–Crippen LogP) is 3.63. The molecule has 1 aromatic carbocycles. The van der Waals surface area contributed by atoms with Crippen LogP contribution < -0.4 is 14.8 Å². The van der Waals surface area contributed by atoms with Gasteiger partial charge in [-0.15, -0.1) is 0 Å². The molecular formula is C16H19FN2O2. The second kappa shape index (κ2) is 7.47. The fourth-order valence-electron chi connectivity index (χ4n) is 1.92. The quantitative estimate of drug-likeness (QED) is 0.845. The van der Waals surface area contributed by atoms with Gasteiger partial charge in [-0.2, -0.15) is 0 Å². The van der Waals surface area contributed by atoms with Gasteiger partial charge in [0, 0.05) is 24.5 Å². The lowest BCUT2D eigenvalue weighted by molar-refractivity contribution is 0.288. The molecule has 112 valence electrons. The molecule has 0 fully saturated rings. The maximum atomic E-state index is 13.1. The average Bonchev–Trinajstić information content (AvgIpc) is 2.48. The molecule has 4 nitrogen and oxygen atoms in total. The maximum absolute atomic E-state index is 13.1. The number of pyridine rings is 1. The highest BCUT2D eigenvalue weighted by molar-refractivity contribution is 5.55. The van der Waals surface area contributed by atoms with Crippen LogP contribution in [0.4, 0.5) is 10.1 Å². The van der Waals surface area contributed by atoms with Crippen LogP contribution in [-0.4, -0.2) is 18.2 Å². The van der Waals surface area contributed by atoms with E-state index in [0.717, 1.165) is 17.0 Å². The lowest BCUT2D eigenvalue weighted by Crippen LogP contribution is -2.02. The summed E-state index contributed by atoms with van der Waals surface area (Å²) < 4.78 is 24.1. The summed E-state index contributed by atoms with van der Waals surface area (Å²) in [5, 5.41) is 3.21. The number of ether oxygens (including phenoxy) is 2. The van der Waals surface area contributed by atoms with Crippen LogP contribution in [0.25, 0.3) is 0 Å². The minimum absolute atomic E-state index is 0.337. The molecule has 1 aromatic heterocycles. The Morgan fingerprint density at radius 1 is 1.05 bits per heavy atom. The third-order valence-electron chi connectivity index (χ3n) is 2.80. The van der Waals surface area contributed by atoms with Gasteiger partial charge in [-0.25, -0.2) is 4.39 Å². The van der Waals surface area contributed by atoms with Gasteiger partial charge in [0.25, 0.3) is 0 Å². The fourth-order valence-corrected chi connectivity index (χ4v) is 1.92. The Balaban J connectivity index is 2.07. The minimum Gasteiger partial charge on any atom is -0.490 e. The van der Waals surface area contributed by atoms with Crippen LogP contribution in [0, 0.1) is 5.82 Å². The molecule has 0 unspecified atom stereocenters. The highest BCUT2D eigenvalue weighted by atomic mass is 19.1. The van der Waals surface area contributed by atoms with Gasteiger partial charge in [0.1, 0.15) is 5.82 Å². The molecule has 21 heavy (non-hydrogen) atoms. The molecule has 0 spiro atoms. The van der Waals surface area contributed by atoms with Crippen LogP contribution in [0.15, 0.2) is 36.7 Å². The first-order valence-electron chi connectivity index (χ1n) is 6.96. The Kier molecular flexibility index (Phi) is 5.37. The Morgan fingerprint density at radius 2 is 1.81 bits per heavy atom. The molecule has 5 heteroatoms. The largest absolute Gasteiger partial charge is 0.490 e. The molecule has 0 amide bonds. The fraction of sp³-hybridized carbons (Fsp3) is 0.312. The molecule has 0 saturated carbocycles. The van der Waals surface area contributed by atoms with Crippen molar-refractivity contribution < 1.29 is 13.9 Å². The molecule has 2 rings (SSSR count). The normalized spacial score (nSPS) is 10.2. The van der Waals surface area contributed by atoms with Gasteiger partial charge in [0.15, 0.2) is 11.5 Å². The van der Waals surface area contributed by atoms with Gasteiger partial charge < -0.3 is 14.8 Å². The zero-order chi connectivity index (χ0) is 15.1. The van der Waals surface area contributed by atoms with Gasteiger partial charge >= 0.3 is 0 Å². The van der Waals surface area contributed by atoms with Crippen molar-refractivity contribution in [3.63, 3.8) is 0 Å². The first-order chi connectivity index (χ1) is 10.2. The van der Waals surface area contributed by atoms with Gasteiger partial charge in [-0.05, 0) is 37.6 Å². The number of nitrogens with one attached hydrogen (secondary N) is 1. The highest BCUT2D eigenvalue weighted by Gasteiger charge is 2.06. The van der Waals surface area contributed by atoms with Crippen LogP contribution >= 0.6 is 0 Å². The standard InChI is InChI=1S/C16H19FN2O2/c1-3-20-15-6-5-14(8-16(15)21-4-2)19-10-12-7-13(17)11-18-9-12/h5-9,11,19H,3-4,10H2,1-2H3.